The number of Topliss-reactive ketones (excluding diaryl/α,β-unsaturated/α-hetero) is 1. The van der Waals surface area contributed by atoms with Crippen LogP contribution in [0, 0.1) is 5.92 Å². The van der Waals surface area contributed by atoms with Crippen LogP contribution in [0.5, 0.6) is 5.75 Å². The Balaban J connectivity index is 1.85. The van der Waals surface area contributed by atoms with Crippen LogP contribution in [0.1, 0.15) is 20.8 Å². The van der Waals surface area contributed by atoms with E-state index in [4.69, 9.17) is 4.74 Å². The van der Waals surface area contributed by atoms with Crippen LogP contribution in [-0.4, -0.2) is 12.9 Å². The minimum absolute atomic E-state index is 0.0787. The number of ether oxygens (including phenoxy) is 1. The van der Waals surface area contributed by atoms with Crippen LogP contribution >= 0.6 is 11.3 Å². The summed E-state index contributed by atoms with van der Waals surface area (Å²) in [7, 11) is 1.61. The van der Waals surface area contributed by atoms with Crippen LogP contribution in [0.2, 0.25) is 0 Å². The second-order valence-electron chi connectivity index (χ2n) is 4.56. The van der Waals surface area contributed by atoms with Gasteiger partial charge < -0.3 is 4.74 Å². The molecule has 2 aromatic rings. The van der Waals surface area contributed by atoms with Gasteiger partial charge in [0.15, 0.2) is 5.78 Å². The molecule has 0 fully saturated rings. The first-order chi connectivity index (χ1) is 8.79. The van der Waals surface area contributed by atoms with Crippen molar-refractivity contribution in [1.29, 1.82) is 0 Å². The van der Waals surface area contributed by atoms with Crippen molar-refractivity contribution in [2.45, 2.75) is 12.8 Å². The molecule has 0 unspecified atom stereocenters. The smallest absolute Gasteiger partial charge is 0.180 e. The third kappa shape index (κ3) is 1.85. The summed E-state index contributed by atoms with van der Waals surface area (Å²) in [6.07, 6.45) is 1.71. The van der Waals surface area contributed by atoms with Gasteiger partial charge in [-0.25, -0.2) is 0 Å². The number of thiophene rings is 1. The Morgan fingerprint density at radius 3 is 2.50 bits per heavy atom. The fraction of sp³-hybridized carbons (Fsp3) is 0.267. The fourth-order valence-electron chi connectivity index (χ4n) is 2.57. The molecule has 3 heteroatoms. The topological polar surface area (TPSA) is 26.3 Å². The molecule has 1 heterocycles. The number of methoxy groups -OCH3 is 1. The number of carbonyl (C=O) groups is 1. The lowest BCUT2D eigenvalue weighted by atomic mass is 9.99. The highest BCUT2D eigenvalue weighted by molar-refractivity contribution is 7.12. The summed E-state index contributed by atoms with van der Waals surface area (Å²) >= 11 is 1.47. The standard InChI is InChI=1S/C15H14O2S/c1-17-13-6-7-18-15(13)14(16)12-8-10-4-2-3-5-11(10)9-12/h2-7,12H,8-9H2,1H3. The molecule has 0 bridgehead atoms. The van der Waals surface area contributed by atoms with Gasteiger partial charge in [-0.15, -0.1) is 11.3 Å². The summed E-state index contributed by atoms with van der Waals surface area (Å²) in [5.74, 6) is 1.01. The summed E-state index contributed by atoms with van der Waals surface area (Å²) in [5.41, 5.74) is 2.62. The van der Waals surface area contributed by atoms with E-state index >= 15 is 0 Å². The minimum Gasteiger partial charge on any atom is -0.495 e. The van der Waals surface area contributed by atoms with Gasteiger partial charge in [0.25, 0.3) is 0 Å². The Labute approximate surface area is 110 Å². The third-order valence-electron chi connectivity index (χ3n) is 3.49. The van der Waals surface area contributed by atoms with Gasteiger partial charge in [0.1, 0.15) is 10.6 Å². The average molecular weight is 258 g/mol. The van der Waals surface area contributed by atoms with Crippen LogP contribution in [0.15, 0.2) is 35.7 Å². The van der Waals surface area contributed by atoms with E-state index in [1.165, 1.54) is 22.5 Å². The van der Waals surface area contributed by atoms with Crippen molar-refractivity contribution in [3.05, 3.63) is 51.7 Å². The lowest BCUT2D eigenvalue weighted by molar-refractivity contribution is 0.0926. The highest BCUT2D eigenvalue weighted by Gasteiger charge is 2.29. The van der Waals surface area contributed by atoms with E-state index in [0.717, 1.165) is 17.7 Å². The van der Waals surface area contributed by atoms with Crippen molar-refractivity contribution in [2.24, 2.45) is 5.92 Å². The van der Waals surface area contributed by atoms with Gasteiger partial charge >= 0.3 is 0 Å². The normalized spacial score (nSPS) is 14.5. The number of hydrogen-bond acceptors (Lipinski definition) is 3. The molecular weight excluding hydrogens is 244 g/mol. The molecule has 18 heavy (non-hydrogen) atoms. The maximum absolute atomic E-state index is 12.5. The highest BCUT2D eigenvalue weighted by Crippen LogP contribution is 2.33. The molecule has 0 saturated carbocycles. The number of ketones is 1. The fourth-order valence-corrected chi connectivity index (χ4v) is 3.45. The zero-order valence-electron chi connectivity index (χ0n) is 10.2. The van der Waals surface area contributed by atoms with Gasteiger partial charge in [0.2, 0.25) is 0 Å². The quantitative estimate of drug-likeness (QED) is 0.789. The van der Waals surface area contributed by atoms with Crippen molar-refractivity contribution in [3.8, 4) is 5.75 Å². The van der Waals surface area contributed by atoms with E-state index in [9.17, 15) is 4.79 Å². The summed E-state index contributed by atoms with van der Waals surface area (Å²) < 4.78 is 5.23. The maximum Gasteiger partial charge on any atom is 0.180 e. The number of benzene rings is 1. The lowest BCUT2D eigenvalue weighted by Gasteiger charge is -2.07. The van der Waals surface area contributed by atoms with Crippen LogP contribution < -0.4 is 4.74 Å². The van der Waals surface area contributed by atoms with Gasteiger partial charge in [-0.3, -0.25) is 4.79 Å². The first-order valence-corrected chi connectivity index (χ1v) is 6.90. The van der Waals surface area contributed by atoms with Crippen LogP contribution in [-0.2, 0) is 12.8 Å². The molecule has 2 nitrogen and oxygen atoms in total. The van der Waals surface area contributed by atoms with Gasteiger partial charge in [0, 0.05) is 5.92 Å². The molecule has 3 rings (SSSR count). The van der Waals surface area contributed by atoms with Gasteiger partial charge in [-0.2, -0.15) is 0 Å². The zero-order chi connectivity index (χ0) is 12.5. The summed E-state index contributed by atoms with van der Waals surface area (Å²) in [6, 6.07) is 10.2. The molecule has 0 N–H and O–H groups in total. The number of carbonyl (C=O) groups excluding carboxylic acids is 1. The van der Waals surface area contributed by atoms with Crippen LogP contribution in [0.4, 0.5) is 0 Å². The van der Waals surface area contributed by atoms with Crippen LogP contribution in [0.25, 0.3) is 0 Å². The van der Waals surface area contributed by atoms with Crippen molar-refractivity contribution >= 4 is 17.1 Å². The van der Waals surface area contributed by atoms with E-state index in [1.807, 2.05) is 23.6 Å². The molecule has 0 spiro atoms. The monoisotopic (exact) mass is 258 g/mol. The van der Waals surface area contributed by atoms with E-state index in [0.29, 0.717) is 5.75 Å². The molecule has 1 aliphatic rings. The Hall–Kier alpha value is -1.61. The third-order valence-corrected chi connectivity index (χ3v) is 4.40. The molecule has 1 aromatic heterocycles. The van der Waals surface area contributed by atoms with Crippen LogP contribution in [0.3, 0.4) is 0 Å². The van der Waals surface area contributed by atoms with E-state index in [1.54, 1.807) is 7.11 Å². The molecule has 1 aromatic carbocycles. The Kier molecular flexibility index (Phi) is 2.92. The second-order valence-corrected chi connectivity index (χ2v) is 5.47. The molecule has 1 aliphatic carbocycles. The van der Waals surface area contributed by atoms with Gasteiger partial charge in [-0.1, -0.05) is 24.3 Å². The maximum atomic E-state index is 12.5. The highest BCUT2D eigenvalue weighted by atomic mass is 32.1. The lowest BCUT2D eigenvalue weighted by Crippen LogP contribution is -2.14. The molecule has 92 valence electrons. The number of fused-ring (bicyclic) bond motifs is 1. The predicted octanol–water partition coefficient (Wildman–Crippen LogP) is 3.35. The Bertz CT molecular complexity index is 561. The first-order valence-electron chi connectivity index (χ1n) is 6.02. The van der Waals surface area contributed by atoms with Gasteiger partial charge in [-0.05, 0) is 35.4 Å². The van der Waals surface area contributed by atoms with Crippen molar-refractivity contribution in [3.63, 3.8) is 0 Å². The minimum atomic E-state index is 0.0787. The van der Waals surface area contributed by atoms with E-state index in [2.05, 4.69) is 12.1 Å². The summed E-state index contributed by atoms with van der Waals surface area (Å²) in [6.45, 7) is 0. The predicted molar refractivity (Wildman–Crippen MR) is 72.5 cm³/mol. The molecular formula is C15H14O2S. The molecule has 0 amide bonds. The molecule has 0 aliphatic heterocycles. The zero-order valence-corrected chi connectivity index (χ0v) is 11.0. The Morgan fingerprint density at radius 1 is 1.22 bits per heavy atom. The van der Waals surface area contributed by atoms with E-state index < -0.39 is 0 Å². The second kappa shape index (κ2) is 4.58. The van der Waals surface area contributed by atoms with E-state index in [-0.39, 0.29) is 11.7 Å². The Morgan fingerprint density at radius 2 is 1.89 bits per heavy atom. The largest absolute Gasteiger partial charge is 0.495 e. The first kappa shape index (κ1) is 11.5. The van der Waals surface area contributed by atoms with Crippen molar-refractivity contribution < 1.29 is 9.53 Å². The number of rotatable bonds is 3. The summed E-state index contributed by atoms with van der Waals surface area (Å²) in [4.78, 5) is 13.2. The molecule has 0 saturated heterocycles. The number of hydrogen-bond donors (Lipinski definition) is 0. The van der Waals surface area contributed by atoms with Crippen molar-refractivity contribution in [2.75, 3.05) is 7.11 Å². The SMILES string of the molecule is COc1ccsc1C(=O)C1Cc2ccccc2C1. The van der Waals surface area contributed by atoms with Crippen molar-refractivity contribution in [1.82, 2.24) is 0 Å². The summed E-state index contributed by atoms with van der Waals surface area (Å²) in [5, 5.41) is 1.91. The van der Waals surface area contributed by atoms with Gasteiger partial charge in [0.05, 0.1) is 7.11 Å². The molecule has 0 radical (unpaired) electrons. The average Bonchev–Trinajstić information content (AvgIpc) is 3.03. The molecule has 0 atom stereocenters.